The van der Waals surface area contributed by atoms with Crippen LogP contribution < -0.4 is 0 Å². The van der Waals surface area contributed by atoms with Crippen LogP contribution in [0.5, 0.6) is 0 Å². The van der Waals surface area contributed by atoms with E-state index in [1.54, 1.807) is 0 Å². The van der Waals surface area contributed by atoms with Crippen molar-refractivity contribution < 1.29 is 0 Å². The van der Waals surface area contributed by atoms with Crippen molar-refractivity contribution in [1.29, 1.82) is 5.41 Å². The van der Waals surface area contributed by atoms with Crippen LogP contribution in [-0.2, 0) is 0 Å². The molecule has 0 atom stereocenters. The van der Waals surface area contributed by atoms with E-state index in [-0.39, 0.29) is 0 Å². The number of nitrogens with zero attached hydrogens (tertiary/aromatic N) is 1. The minimum Gasteiger partial charge on any atom is -0.286 e. The number of aliphatic imine (C=N–C) groups is 1. The van der Waals surface area contributed by atoms with Crippen LogP contribution in [0.25, 0.3) is 0 Å². The highest BCUT2D eigenvalue weighted by Crippen LogP contribution is 1.96. The van der Waals surface area contributed by atoms with Gasteiger partial charge in [-0.3, -0.25) is 5.41 Å². The number of hydrogen-bond acceptors (Lipinski definition) is 1. The fourth-order valence-corrected chi connectivity index (χ4v) is 0.637. The van der Waals surface area contributed by atoms with Gasteiger partial charge < -0.3 is 0 Å². The summed E-state index contributed by atoms with van der Waals surface area (Å²) in [5.74, 6) is 0.463. The van der Waals surface area contributed by atoms with Crippen LogP contribution >= 0.6 is 0 Å². The van der Waals surface area contributed by atoms with E-state index in [1.165, 1.54) is 0 Å². The molecule has 0 saturated heterocycles. The molecule has 1 aliphatic rings. The smallest absolute Gasteiger partial charge is 0.124 e. The Balaban J connectivity index is 2.77. The van der Waals surface area contributed by atoms with E-state index in [1.807, 2.05) is 19.1 Å². The Bertz CT molecular complexity index is 165. The zero-order valence-corrected chi connectivity index (χ0v) is 4.81. The van der Waals surface area contributed by atoms with E-state index in [0.29, 0.717) is 12.3 Å². The fourth-order valence-electron chi connectivity index (χ4n) is 0.637. The van der Waals surface area contributed by atoms with Crippen LogP contribution in [0.2, 0.25) is 0 Å². The molecule has 1 heterocycles. The first kappa shape index (κ1) is 5.22. The molecule has 0 saturated carbocycles. The van der Waals surface area contributed by atoms with Crippen molar-refractivity contribution >= 4 is 11.5 Å². The molecule has 0 amide bonds. The monoisotopic (exact) mass is 108 g/mol. The number of allylic oxidation sites excluding steroid dienone is 1. The van der Waals surface area contributed by atoms with Crippen LogP contribution in [0.15, 0.2) is 17.1 Å². The maximum atomic E-state index is 7.08. The van der Waals surface area contributed by atoms with Crippen molar-refractivity contribution in [3.63, 3.8) is 0 Å². The average Bonchev–Trinajstić information content (AvgIpc) is 1.64. The van der Waals surface area contributed by atoms with E-state index >= 15 is 0 Å². The van der Waals surface area contributed by atoms with Crippen LogP contribution in [-0.4, -0.2) is 11.5 Å². The molecule has 1 rings (SSSR count). The molecular weight excluding hydrogens is 100 g/mol. The van der Waals surface area contributed by atoms with Gasteiger partial charge in [-0.2, -0.15) is 0 Å². The van der Waals surface area contributed by atoms with Gasteiger partial charge in [0.05, 0.1) is 0 Å². The van der Waals surface area contributed by atoms with E-state index < -0.39 is 0 Å². The minimum absolute atomic E-state index is 0.463. The van der Waals surface area contributed by atoms with Crippen molar-refractivity contribution in [3.05, 3.63) is 12.2 Å². The summed E-state index contributed by atoms with van der Waals surface area (Å²) in [6.45, 7) is 1.89. The quantitative estimate of drug-likeness (QED) is 0.486. The SMILES string of the molecule is CC1=NC(=N)CC=C1. The van der Waals surface area contributed by atoms with Gasteiger partial charge in [-0.05, 0) is 13.0 Å². The summed E-state index contributed by atoms with van der Waals surface area (Å²) in [5, 5.41) is 7.08. The van der Waals surface area contributed by atoms with E-state index in [9.17, 15) is 0 Å². The molecule has 0 aromatic carbocycles. The van der Waals surface area contributed by atoms with Crippen LogP contribution in [0, 0.1) is 5.41 Å². The molecule has 1 aliphatic heterocycles. The van der Waals surface area contributed by atoms with Gasteiger partial charge in [-0.15, -0.1) is 0 Å². The topological polar surface area (TPSA) is 36.2 Å². The first-order chi connectivity index (χ1) is 3.79. The zero-order chi connectivity index (χ0) is 5.98. The number of hydrogen-bond donors (Lipinski definition) is 1. The molecule has 0 radical (unpaired) electrons. The second-order valence-corrected chi connectivity index (χ2v) is 1.81. The molecule has 2 nitrogen and oxygen atoms in total. The number of dihydropyridines is 1. The van der Waals surface area contributed by atoms with E-state index in [0.717, 1.165) is 5.71 Å². The van der Waals surface area contributed by atoms with Crippen molar-refractivity contribution in [1.82, 2.24) is 0 Å². The number of nitrogens with one attached hydrogen (secondary N) is 1. The summed E-state index contributed by atoms with van der Waals surface area (Å²) in [5.41, 5.74) is 0.932. The molecule has 0 aliphatic carbocycles. The summed E-state index contributed by atoms with van der Waals surface area (Å²) in [4.78, 5) is 3.90. The van der Waals surface area contributed by atoms with Gasteiger partial charge in [0.15, 0.2) is 0 Å². The Morgan fingerprint density at radius 3 is 2.88 bits per heavy atom. The lowest BCUT2D eigenvalue weighted by Crippen LogP contribution is -1.99. The Labute approximate surface area is 48.4 Å². The van der Waals surface area contributed by atoms with Gasteiger partial charge in [-0.1, -0.05) is 6.08 Å². The van der Waals surface area contributed by atoms with Crippen molar-refractivity contribution in [3.8, 4) is 0 Å². The normalized spacial score (nSPS) is 18.6. The maximum Gasteiger partial charge on any atom is 0.124 e. The summed E-state index contributed by atoms with van der Waals surface area (Å²) in [6.07, 6.45) is 4.57. The molecule has 1 N–H and O–H groups in total. The lowest BCUT2D eigenvalue weighted by atomic mass is 10.2. The molecule has 0 unspecified atom stereocenters. The van der Waals surface area contributed by atoms with Crippen LogP contribution in [0.3, 0.4) is 0 Å². The molecule has 0 spiro atoms. The molecule has 0 bridgehead atoms. The number of amidine groups is 1. The highest BCUT2D eigenvalue weighted by Gasteiger charge is 1.95. The van der Waals surface area contributed by atoms with Gasteiger partial charge in [-0.25, -0.2) is 4.99 Å². The van der Waals surface area contributed by atoms with Gasteiger partial charge in [0, 0.05) is 12.1 Å². The Kier molecular flexibility index (Phi) is 1.24. The zero-order valence-electron chi connectivity index (χ0n) is 4.81. The molecular formula is C6H8N2. The summed E-state index contributed by atoms with van der Waals surface area (Å²) in [6, 6.07) is 0. The van der Waals surface area contributed by atoms with Gasteiger partial charge >= 0.3 is 0 Å². The second-order valence-electron chi connectivity index (χ2n) is 1.81. The summed E-state index contributed by atoms with van der Waals surface area (Å²) >= 11 is 0. The standard InChI is InChI=1S/C6H8N2/c1-5-3-2-4-6(7)8-5/h2-3,7H,4H2,1H3. The van der Waals surface area contributed by atoms with E-state index in [4.69, 9.17) is 5.41 Å². The molecule has 0 aromatic heterocycles. The Hall–Kier alpha value is -0.920. The van der Waals surface area contributed by atoms with Crippen molar-refractivity contribution in [2.24, 2.45) is 4.99 Å². The lowest BCUT2D eigenvalue weighted by Gasteiger charge is -1.98. The first-order valence-electron chi connectivity index (χ1n) is 2.58. The number of rotatable bonds is 0. The molecule has 42 valence electrons. The first-order valence-corrected chi connectivity index (χ1v) is 2.58. The fraction of sp³-hybridized carbons (Fsp3) is 0.333. The second kappa shape index (κ2) is 1.90. The van der Waals surface area contributed by atoms with E-state index in [2.05, 4.69) is 4.99 Å². The lowest BCUT2D eigenvalue weighted by molar-refractivity contribution is 1.29. The third-order valence-corrected chi connectivity index (χ3v) is 0.982. The predicted molar refractivity (Wildman–Crippen MR) is 34.6 cm³/mol. The Morgan fingerprint density at radius 1 is 1.75 bits per heavy atom. The van der Waals surface area contributed by atoms with Crippen molar-refractivity contribution in [2.45, 2.75) is 13.3 Å². The van der Waals surface area contributed by atoms with Gasteiger partial charge in [0.1, 0.15) is 5.84 Å². The predicted octanol–water partition coefficient (Wildman–Crippen LogP) is 1.38. The third-order valence-electron chi connectivity index (χ3n) is 0.982. The highest BCUT2D eigenvalue weighted by molar-refractivity contribution is 6.04. The third kappa shape index (κ3) is 1.03. The Morgan fingerprint density at radius 2 is 2.50 bits per heavy atom. The molecule has 0 aromatic rings. The minimum atomic E-state index is 0.463. The maximum absolute atomic E-state index is 7.08. The van der Waals surface area contributed by atoms with Gasteiger partial charge in [0.25, 0.3) is 0 Å². The molecule has 0 fully saturated rings. The highest BCUT2D eigenvalue weighted by atomic mass is 14.8. The van der Waals surface area contributed by atoms with Crippen LogP contribution in [0.4, 0.5) is 0 Å². The average molecular weight is 108 g/mol. The molecule has 8 heavy (non-hydrogen) atoms. The van der Waals surface area contributed by atoms with Gasteiger partial charge in [0.2, 0.25) is 0 Å². The van der Waals surface area contributed by atoms with Crippen molar-refractivity contribution in [2.75, 3.05) is 0 Å². The summed E-state index contributed by atoms with van der Waals surface area (Å²) < 4.78 is 0. The molecule has 2 heteroatoms. The van der Waals surface area contributed by atoms with Crippen LogP contribution in [0.1, 0.15) is 13.3 Å². The summed E-state index contributed by atoms with van der Waals surface area (Å²) in [7, 11) is 0. The largest absolute Gasteiger partial charge is 0.286 e.